The summed E-state index contributed by atoms with van der Waals surface area (Å²) in [6.07, 6.45) is 34.1. The summed E-state index contributed by atoms with van der Waals surface area (Å²) in [5, 5.41) is 31.2. The van der Waals surface area contributed by atoms with E-state index in [9.17, 15) is 34.5 Å². The number of carboxylic acid groups (broad SMARTS) is 1. The average molecular weight is 889 g/mol. The van der Waals surface area contributed by atoms with Gasteiger partial charge < -0.3 is 39.0 Å². The van der Waals surface area contributed by atoms with Crippen LogP contribution in [-0.2, 0) is 42.9 Å². The number of unbranched alkanes of at least 4 members (excludes halogenated alkanes) is 16. The maximum absolute atomic E-state index is 13.0. The van der Waals surface area contributed by atoms with Crippen LogP contribution in [0, 0.1) is 0 Å². The molecule has 1 aliphatic heterocycles. The number of esters is 3. The fourth-order valence-electron chi connectivity index (χ4n) is 6.91. The summed E-state index contributed by atoms with van der Waals surface area (Å²) in [5.41, 5.74) is 0. The largest absolute Gasteiger partial charge is 0.479 e. The Morgan fingerprint density at radius 3 is 1.46 bits per heavy atom. The van der Waals surface area contributed by atoms with Crippen molar-refractivity contribution in [3.63, 3.8) is 0 Å². The van der Waals surface area contributed by atoms with Gasteiger partial charge in [0.25, 0.3) is 0 Å². The van der Waals surface area contributed by atoms with Gasteiger partial charge in [-0.2, -0.15) is 0 Å². The molecule has 12 heteroatoms. The average Bonchev–Trinajstić information content (AvgIpc) is 3.26. The molecule has 0 saturated carbocycles. The third-order valence-electron chi connectivity index (χ3n) is 10.6. The lowest BCUT2D eigenvalue weighted by atomic mass is 9.98. The van der Waals surface area contributed by atoms with E-state index in [1.165, 1.54) is 64.2 Å². The van der Waals surface area contributed by atoms with Crippen LogP contribution in [0.5, 0.6) is 0 Å². The van der Waals surface area contributed by atoms with Crippen molar-refractivity contribution >= 4 is 23.9 Å². The van der Waals surface area contributed by atoms with Gasteiger partial charge in [-0.05, 0) is 44.9 Å². The summed E-state index contributed by atoms with van der Waals surface area (Å²) >= 11 is 0. The zero-order chi connectivity index (χ0) is 46.2. The second kappa shape index (κ2) is 40.0. The molecule has 12 nitrogen and oxygen atoms in total. The van der Waals surface area contributed by atoms with E-state index in [4.69, 9.17) is 23.7 Å². The van der Waals surface area contributed by atoms with Crippen molar-refractivity contribution in [3.8, 4) is 0 Å². The highest BCUT2D eigenvalue weighted by Gasteiger charge is 2.50. The van der Waals surface area contributed by atoms with Crippen LogP contribution in [-0.4, -0.2) is 89.2 Å². The lowest BCUT2D eigenvalue weighted by Crippen LogP contribution is -2.61. The quantitative estimate of drug-likeness (QED) is 0.0231. The van der Waals surface area contributed by atoms with Gasteiger partial charge in [0.1, 0.15) is 18.8 Å². The Hall–Kier alpha value is -3.58. The van der Waals surface area contributed by atoms with Crippen LogP contribution in [0.2, 0.25) is 0 Å². The van der Waals surface area contributed by atoms with E-state index in [2.05, 4.69) is 57.2 Å². The summed E-state index contributed by atoms with van der Waals surface area (Å²) in [5.74, 6) is -3.29. The van der Waals surface area contributed by atoms with Gasteiger partial charge in [0, 0.05) is 12.8 Å². The van der Waals surface area contributed by atoms with Gasteiger partial charge in [-0.3, -0.25) is 14.4 Å². The van der Waals surface area contributed by atoms with Crippen molar-refractivity contribution in [1.29, 1.82) is 0 Å². The van der Waals surface area contributed by atoms with Crippen LogP contribution in [0.25, 0.3) is 0 Å². The van der Waals surface area contributed by atoms with E-state index < -0.39 is 67.3 Å². The van der Waals surface area contributed by atoms with Gasteiger partial charge in [-0.15, -0.1) is 0 Å². The lowest BCUT2D eigenvalue weighted by Gasteiger charge is -2.40. The molecule has 1 heterocycles. The first-order chi connectivity index (χ1) is 30.6. The fraction of sp³-hybridized carbons (Fsp3) is 0.725. The topological polar surface area (TPSA) is 175 Å². The molecule has 0 spiro atoms. The monoisotopic (exact) mass is 889 g/mol. The Morgan fingerprint density at radius 2 is 0.984 bits per heavy atom. The van der Waals surface area contributed by atoms with Gasteiger partial charge in [-0.1, -0.05) is 184 Å². The minimum Gasteiger partial charge on any atom is -0.479 e. The van der Waals surface area contributed by atoms with Crippen LogP contribution < -0.4 is 0 Å². The number of carbonyl (C=O) groups excluding carboxylic acids is 3. The first kappa shape index (κ1) is 57.4. The van der Waals surface area contributed by atoms with Crippen molar-refractivity contribution < 1.29 is 58.2 Å². The smallest absolute Gasteiger partial charge is 0.335 e. The Morgan fingerprint density at radius 1 is 0.540 bits per heavy atom. The Kier molecular flexibility index (Phi) is 36.4. The molecule has 6 unspecified atom stereocenters. The molecule has 0 bridgehead atoms. The second-order valence-electron chi connectivity index (χ2n) is 16.4. The highest BCUT2D eigenvalue weighted by atomic mass is 16.7. The van der Waals surface area contributed by atoms with Crippen LogP contribution in [0.1, 0.15) is 188 Å². The van der Waals surface area contributed by atoms with Crippen molar-refractivity contribution in [2.75, 3.05) is 13.2 Å². The van der Waals surface area contributed by atoms with Crippen molar-refractivity contribution in [2.45, 2.75) is 225 Å². The molecule has 1 saturated heterocycles. The standard InChI is InChI=1S/C51H84O12/c1-4-7-10-13-16-19-20-21-22-23-24-27-30-33-36-39-45(54)62-49-47(56)46(55)48(50(57)58)63-51(49)60-41-42(61-44(53)38-35-32-29-26-18-15-12-9-6-3)40-59-43(52)37-34-31-28-25-17-14-11-8-5-2/h7,10,16,19,21-22,24,27,33,36,42,46-49,51,55-56H,4-6,8-9,11-15,17-18,20,23,25-26,28-32,34-35,37-41H2,1-3H3,(H,57,58)/b10-7-,19-16-,22-21-,27-24-,36-33-. The normalized spacial score (nSPS) is 19.8. The third-order valence-corrected chi connectivity index (χ3v) is 10.6. The number of allylic oxidation sites excluding steroid dienone is 9. The van der Waals surface area contributed by atoms with Crippen LogP contribution in [0.4, 0.5) is 0 Å². The lowest BCUT2D eigenvalue weighted by molar-refractivity contribution is -0.301. The van der Waals surface area contributed by atoms with E-state index in [-0.39, 0.29) is 25.9 Å². The molecule has 0 aliphatic carbocycles. The van der Waals surface area contributed by atoms with Crippen LogP contribution in [0.15, 0.2) is 60.8 Å². The Balaban J connectivity index is 2.80. The highest BCUT2D eigenvalue weighted by molar-refractivity contribution is 5.74. The number of ether oxygens (including phenoxy) is 5. The van der Waals surface area contributed by atoms with E-state index in [1.807, 2.05) is 12.2 Å². The zero-order valence-electron chi connectivity index (χ0n) is 39.1. The molecule has 360 valence electrons. The molecule has 1 fully saturated rings. The number of aliphatic hydroxyl groups excluding tert-OH is 2. The van der Waals surface area contributed by atoms with Crippen molar-refractivity contribution in [3.05, 3.63) is 60.8 Å². The van der Waals surface area contributed by atoms with E-state index in [1.54, 1.807) is 12.2 Å². The summed E-state index contributed by atoms with van der Waals surface area (Å²) in [7, 11) is 0. The van der Waals surface area contributed by atoms with E-state index in [0.29, 0.717) is 19.3 Å². The molecule has 0 aromatic heterocycles. The zero-order valence-corrected chi connectivity index (χ0v) is 39.1. The molecule has 63 heavy (non-hydrogen) atoms. The van der Waals surface area contributed by atoms with Crippen LogP contribution in [0.3, 0.4) is 0 Å². The van der Waals surface area contributed by atoms with Crippen LogP contribution >= 0.6 is 0 Å². The number of carbonyl (C=O) groups is 4. The Bertz CT molecular complexity index is 1340. The van der Waals surface area contributed by atoms with Gasteiger partial charge in [0.15, 0.2) is 24.6 Å². The molecule has 6 atom stereocenters. The first-order valence-corrected chi connectivity index (χ1v) is 24.3. The number of hydrogen-bond donors (Lipinski definition) is 3. The van der Waals surface area contributed by atoms with E-state index in [0.717, 1.165) is 64.2 Å². The number of aliphatic carboxylic acids is 1. The summed E-state index contributed by atoms with van der Waals surface area (Å²) in [6.45, 7) is 5.74. The minimum absolute atomic E-state index is 0.153. The number of hydrogen-bond acceptors (Lipinski definition) is 11. The first-order valence-electron chi connectivity index (χ1n) is 24.3. The molecular weight excluding hydrogens is 805 g/mol. The summed E-state index contributed by atoms with van der Waals surface area (Å²) in [6, 6.07) is 0. The second-order valence-corrected chi connectivity index (χ2v) is 16.4. The van der Waals surface area contributed by atoms with Gasteiger partial charge in [-0.25, -0.2) is 4.79 Å². The maximum atomic E-state index is 13.0. The van der Waals surface area contributed by atoms with Crippen molar-refractivity contribution in [1.82, 2.24) is 0 Å². The third kappa shape index (κ3) is 31.0. The molecule has 1 rings (SSSR count). The number of aliphatic hydroxyl groups is 2. The van der Waals surface area contributed by atoms with Crippen molar-refractivity contribution in [2.24, 2.45) is 0 Å². The number of carboxylic acids is 1. The highest BCUT2D eigenvalue weighted by Crippen LogP contribution is 2.26. The molecule has 0 aromatic rings. The maximum Gasteiger partial charge on any atom is 0.335 e. The predicted molar refractivity (Wildman–Crippen MR) is 248 cm³/mol. The van der Waals surface area contributed by atoms with Gasteiger partial charge >= 0.3 is 23.9 Å². The summed E-state index contributed by atoms with van der Waals surface area (Å²) in [4.78, 5) is 50.5. The molecule has 0 amide bonds. The molecule has 1 aliphatic rings. The van der Waals surface area contributed by atoms with Gasteiger partial charge in [0.05, 0.1) is 13.0 Å². The van der Waals surface area contributed by atoms with E-state index >= 15 is 0 Å². The fourth-order valence-corrected chi connectivity index (χ4v) is 6.91. The minimum atomic E-state index is -1.93. The molecule has 0 radical (unpaired) electrons. The number of rotatable bonds is 39. The van der Waals surface area contributed by atoms with Gasteiger partial charge in [0.2, 0.25) is 0 Å². The predicted octanol–water partition coefficient (Wildman–Crippen LogP) is 10.9. The Labute approximate surface area is 379 Å². The molecule has 0 aromatic carbocycles. The molecule has 3 N–H and O–H groups in total. The SMILES string of the molecule is CC/C=C\C/C=C\C/C=C\C/C=C\C/C=C\CC(=O)OC1C(OCC(COC(=O)CCCCCCCCCCC)OC(=O)CCCCCCCCCCC)OC(C(=O)O)C(O)C1O. The summed E-state index contributed by atoms with van der Waals surface area (Å²) < 4.78 is 28.0. The molecular formula is C51H84O12.